The van der Waals surface area contributed by atoms with Crippen molar-refractivity contribution in [2.75, 3.05) is 0 Å². The molecule has 0 radical (unpaired) electrons. The van der Waals surface area contributed by atoms with Gasteiger partial charge >= 0.3 is 15.1 Å². The molecule has 0 atom stereocenters. The Morgan fingerprint density at radius 2 is 1.47 bits per heavy atom. The predicted molar refractivity (Wildman–Crippen MR) is 53.7 cm³/mol. The predicted octanol–water partition coefficient (Wildman–Crippen LogP) is 0.238. The molecule has 0 aliphatic heterocycles. The van der Waals surface area contributed by atoms with Gasteiger partial charge in [0.1, 0.15) is 15.4 Å². The van der Waals surface area contributed by atoms with E-state index < -0.39 is 30.5 Å². The molecule has 0 spiro atoms. The summed E-state index contributed by atoms with van der Waals surface area (Å²) < 4.78 is 30.8. The first kappa shape index (κ1) is 13.0. The van der Waals surface area contributed by atoms with Crippen LogP contribution in [0.1, 0.15) is 5.56 Å². The van der Waals surface area contributed by atoms with E-state index in [2.05, 4.69) is 0 Å². The van der Waals surface area contributed by atoms with Gasteiger partial charge in [-0.1, -0.05) is 18.2 Å². The van der Waals surface area contributed by atoms with Crippen molar-refractivity contribution in [1.82, 2.24) is 0 Å². The molecule has 9 nitrogen and oxygen atoms in total. The van der Waals surface area contributed by atoms with Gasteiger partial charge in [-0.3, -0.25) is 24.8 Å². The van der Waals surface area contributed by atoms with Gasteiger partial charge in [0.25, 0.3) is 0 Å². The highest BCUT2D eigenvalue weighted by Crippen LogP contribution is 2.30. The molecule has 1 aromatic rings. The van der Waals surface area contributed by atoms with Crippen LogP contribution in [0, 0.1) is 20.2 Å². The van der Waals surface area contributed by atoms with Gasteiger partial charge in [0, 0.05) is 0 Å². The van der Waals surface area contributed by atoms with Gasteiger partial charge in [-0.15, -0.1) is 0 Å². The Balaban J connectivity index is 3.72. The van der Waals surface area contributed by atoms with E-state index in [1.807, 2.05) is 0 Å². The lowest BCUT2D eigenvalue weighted by atomic mass is 10.2. The lowest BCUT2D eigenvalue weighted by molar-refractivity contribution is -0.777. The Morgan fingerprint density at radius 3 is 1.76 bits per heavy atom. The number of nitro groups is 2. The summed E-state index contributed by atoms with van der Waals surface area (Å²) >= 11 is 0. The van der Waals surface area contributed by atoms with Gasteiger partial charge in [-0.2, -0.15) is 8.42 Å². The van der Waals surface area contributed by atoms with Crippen LogP contribution in [0.3, 0.4) is 0 Å². The Labute approximate surface area is 94.7 Å². The topological polar surface area (TPSA) is 141 Å². The van der Waals surface area contributed by atoms with Gasteiger partial charge in [0.2, 0.25) is 0 Å². The Bertz CT molecular complexity index is 539. The fourth-order valence-electron chi connectivity index (χ4n) is 1.27. The molecular weight excluding hydrogens is 256 g/mol. The van der Waals surface area contributed by atoms with Crippen LogP contribution in [-0.4, -0.2) is 22.8 Å². The van der Waals surface area contributed by atoms with E-state index in [-0.39, 0.29) is 0 Å². The summed E-state index contributed by atoms with van der Waals surface area (Å²) in [6, 6.07) is 5.50. The van der Waals surface area contributed by atoms with Crippen molar-refractivity contribution in [2.24, 2.45) is 0 Å². The van der Waals surface area contributed by atoms with Crippen molar-refractivity contribution in [3.8, 4) is 0 Å². The summed E-state index contributed by atoms with van der Waals surface area (Å²) in [5.74, 6) is 0. The molecule has 0 aliphatic carbocycles. The molecule has 0 unspecified atom stereocenters. The first-order valence-corrected chi connectivity index (χ1v) is 5.50. The quantitative estimate of drug-likeness (QED) is 0.354. The SMILES string of the molecule is O=[N+]([O-])C(c1ccccc1)([N+](=O)[O-])S(=O)(=O)O. The standard InChI is InChI=1S/C7H6N2O7S/c10-8(11)7(9(12)13,17(14,15)16)6-4-2-1-3-5-6/h1-5H,(H,14,15,16). The summed E-state index contributed by atoms with van der Waals surface area (Å²) in [7, 11) is -5.58. The minimum Gasteiger partial charge on any atom is -0.274 e. The van der Waals surface area contributed by atoms with Crippen LogP contribution in [0.15, 0.2) is 30.3 Å². The molecule has 92 valence electrons. The average Bonchev–Trinajstić information content (AvgIpc) is 2.16. The summed E-state index contributed by atoms with van der Waals surface area (Å²) in [5.41, 5.74) is -0.752. The molecule has 17 heavy (non-hydrogen) atoms. The van der Waals surface area contributed by atoms with Crippen LogP contribution in [0.5, 0.6) is 0 Å². The van der Waals surface area contributed by atoms with Gasteiger partial charge in [-0.25, -0.2) is 0 Å². The lowest BCUT2D eigenvalue weighted by Gasteiger charge is -2.13. The maximum Gasteiger partial charge on any atom is 0.606 e. The first-order chi connectivity index (χ1) is 7.74. The normalized spacial score (nSPS) is 12.1. The van der Waals surface area contributed by atoms with Crippen molar-refractivity contribution < 1.29 is 22.8 Å². The van der Waals surface area contributed by atoms with Crippen molar-refractivity contribution >= 4 is 10.1 Å². The monoisotopic (exact) mass is 262 g/mol. The number of benzene rings is 1. The molecular formula is C7H6N2O7S. The van der Waals surface area contributed by atoms with Gasteiger partial charge in [-0.05, 0) is 12.1 Å². The number of rotatable bonds is 4. The Kier molecular flexibility index (Phi) is 3.11. The number of nitrogens with zero attached hydrogens (tertiary/aromatic N) is 2. The Hall–Kier alpha value is -2.07. The minimum absolute atomic E-state index is 0.752. The molecule has 0 aliphatic rings. The summed E-state index contributed by atoms with van der Waals surface area (Å²) in [6.07, 6.45) is 0. The zero-order chi connectivity index (χ0) is 13.3. The highest BCUT2D eigenvalue weighted by molar-refractivity contribution is 7.86. The summed E-state index contributed by atoms with van der Waals surface area (Å²) in [5, 5.41) is 21.5. The highest BCUT2D eigenvalue weighted by atomic mass is 32.2. The van der Waals surface area contributed by atoms with Gasteiger partial charge < -0.3 is 0 Å². The molecule has 0 fully saturated rings. The average molecular weight is 262 g/mol. The van der Waals surface area contributed by atoms with Gasteiger partial charge in [0.05, 0.1) is 0 Å². The van der Waals surface area contributed by atoms with Gasteiger partial charge in [0.15, 0.2) is 0 Å². The first-order valence-electron chi connectivity index (χ1n) is 4.06. The van der Waals surface area contributed by atoms with Crippen LogP contribution in [0.2, 0.25) is 0 Å². The third-order valence-electron chi connectivity index (χ3n) is 2.00. The summed E-state index contributed by atoms with van der Waals surface area (Å²) in [4.78, 5) is 14.4. The molecule has 1 N–H and O–H groups in total. The second-order valence-corrected chi connectivity index (χ2v) is 4.48. The molecule has 0 amide bonds. The largest absolute Gasteiger partial charge is 0.606 e. The molecule has 0 heterocycles. The Morgan fingerprint density at radius 1 is 1.06 bits per heavy atom. The minimum atomic E-state index is -5.58. The fourth-order valence-corrected chi connectivity index (χ4v) is 2.08. The van der Waals surface area contributed by atoms with E-state index in [0.29, 0.717) is 0 Å². The van der Waals surface area contributed by atoms with Crippen molar-refractivity contribution in [2.45, 2.75) is 4.99 Å². The van der Waals surface area contributed by atoms with Crippen LogP contribution in [-0.2, 0) is 15.1 Å². The molecule has 10 heteroatoms. The molecule has 0 saturated carbocycles. The third-order valence-corrected chi connectivity index (χ3v) is 3.26. The number of hydrogen-bond acceptors (Lipinski definition) is 6. The maximum absolute atomic E-state index is 11.0. The smallest absolute Gasteiger partial charge is 0.274 e. The molecule has 0 saturated heterocycles. The lowest BCUT2D eigenvalue weighted by Crippen LogP contribution is -2.49. The molecule has 0 aromatic heterocycles. The zero-order valence-corrected chi connectivity index (χ0v) is 8.90. The molecule has 1 aromatic carbocycles. The van der Waals surface area contributed by atoms with Crippen LogP contribution >= 0.6 is 0 Å². The van der Waals surface area contributed by atoms with Crippen LogP contribution < -0.4 is 0 Å². The summed E-state index contributed by atoms with van der Waals surface area (Å²) in [6.45, 7) is 0. The van der Waals surface area contributed by atoms with Crippen LogP contribution in [0.25, 0.3) is 0 Å². The second-order valence-electron chi connectivity index (χ2n) is 2.96. The van der Waals surface area contributed by atoms with E-state index in [1.165, 1.54) is 18.2 Å². The van der Waals surface area contributed by atoms with Crippen molar-refractivity contribution in [3.05, 3.63) is 56.1 Å². The maximum atomic E-state index is 11.0. The van der Waals surface area contributed by atoms with E-state index in [0.717, 1.165) is 12.1 Å². The fraction of sp³-hybridized carbons (Fsp3) is 0.143. The highest BCUT2D eigenvalue weighted by Gasteiger charge is 2.70. The van der Waals surface area contributed by atoms with E-state index in [4.69, 9.17) is 4.55 Å². The van der Waals surface area contributed by atoms with Crippen molar-refractivity contribution in [1.29, 1.82) is 0 Å². The van der Waals surface area contributed by atoms with Crippen LogP contribution in [0.4, 0.5) is 0 Å². The van der Waals surface area contributed by atoms with Crippen molar-refractivity contribution in [3.63, 3.8) is 0 Å². The third kappa shape index (κ3) is 1.83. The number of hydrogen-bond donors (Lipinski definition) is 1. The van der Waals surface area contributed by atoms with E-state index in [1.54, 1.807) is 0 Å². The van der Waals surface area contributed by atoms with E-state index >= 15 is 0 Å². The zero-order valence-electron chi connectivity index (χ0n) is 8.09. The molecule has 0 bridgehead atoms. The molecule has 1 rings (SSSR count). The second kappa shape index (κ2) is 4.07. The van der Waals surface area contributed by atoms with E-state index in [9.17, 15) is 28.6 Å².